The lowest BCUT2D eigenvalue weighted by Crippen LogP contribution is -2.10. The fourth-order valence-electron chi connectivity index (χ4n) is 1.66. The molecule has 0 spiro atoms. The Balaban J connectivity index is 2.46. The standard InChI is InChI=1S/C14H14ClN3OS2/c1-18(2)8-9(10-6-7-16-14(17-10)20-3)13(19)11-4-5-12(15)21-11/h4-8H,1-3H3/b9-8+. The largest absolute Gasteiger partial charge is 0.383 e. The Bertz CT molecular complexity index is 682. The Morgan fingerprint density at radius 1 is 1.38 bits per heavy atom. The van der Waals surface area contributed by atoms with E-state index in [0.717, 1.165) is 0 Å². The minimum absolute atomic E-state index is 0.0913. The third-order valence-electron chi connectivity index (χ3n) is 2.52. The number of halogens is 1. The number of Topliss-reactive ketones (excluding diaryl/α,β-unsaturated/α-hetero) is 1. The molecule has 0 saturated heterocycles. The second-order valence-electron chi connectivity index (χ2n) is 4.37. The minimum atomic E-state index is -0.0913. The molecule has 0 atom stereocenters. The van der Waals surface area contributed by atoms with Crippen molar-refractivity contribution in [2.75, 3.05) is 20.4 Å². The second kappa shape index (κ2) is 7.06. The van der Waals surface area contributed by atoms with Gasteiger partial charge in [-0.2, -0.15) is 0 Å². The smallest absolute Gasteiger partial charge is 0.206 e. The van der Waals surface area contributed by atoms with Crippen molar-refractivity contribution in [1.29, 1.82) is 0 Å². The molecule has 0 saturated carbocycles. The van der Waals surface area contributed by atoms with Crippen LogP contribution in [0.25, 0.3) is 5.57 Å². The van der Waals surface area contributed by atoms with Gasteiger partial charge < -0.3 is 4.90 Å². The molecule has 0 aliphatic rings. The fourth-order valence-corrected chi connectivity index (χ4v) is 3.01. The van der Waals surface area contributed by atoms with E-state index in [1.54, 1.807) is 30.6 Å². The van der Waals surface area contributed by atoms with Crippen molar-refractivity contribution in [3.8, 4) is 0 Å². The number of carbonyl (C=O) groups is 1. The fraction of sp³-hybridized carbons (Fsp3) is 0.214. The molecule has 0 aromatic carbocycles. The highest BCUT2D eigenvalue weighted by Gasteiger charge is 2.18. The van der Waals surface area contributed by atoms with Crippen molar-refractivity contribution < 1.29 is 4.79 Å². The maximum Gasteiger partial charge on any atom is 0.206 e. The molecular weight excluding hydrogens is 326 g/mol. The van der Waals surface area contributed by atoms with E-state index < -0.39 is 0 Å². The highest BCUT2D eigenvalue weighted by molar-refractivity contribution is 7.98. The summed E-state index contributed by atoms with van der Waals surface area (Å²) in [4.78, 5) is 23.6. The Kier molecular flexibility index (Phi) is 5.39. The Hall–Kier alpha value is -1.37. The van der Waals surface area contributed by atoms with Crippen LogP contribution in [0.3, 0.4) is 0 Å². The Morgan fingerprint density at radius 3 is 2.71 bits per heavy atom. The number of thioether (sulfide) groups is 1. The van der Waals surface area contributed by atoms with Crippen LogP contribution in [0, 0.1) is 0 Å². The average molecular weight is 340 g/mol. The van der Waals surface area contributed by atoms with Crippen LogP contribution in [0.15, 0.2) is 35.8 Å². The maximum absolute atomic E-state index is 12.7. The summed E-state index contributed by atoms with van der Waals surface area (Å²) in [6, 6.07) is 5.19. The summed E-state index contributed by atoms with van der Waals surface area (Å²) in [6.07, 6.45) is 5.32. The summed E-state index contributed by atoms with van der Waals surface area (Å²) >= 11 is 8.62. The molecule has 4 nitrogen and oxygen atoms in total. The van der Waals surface area contributed by atoms with Crippen molar-refractivity contribution in [2.45, 2.75) is 5.16 Å². The van der Waals surface area contributed by atoms with Gasteiger partial charge in [0.25, 0.3) is 0 Å². The minimum Gasteiger partial charge on any atom is -0.383 e. The van der Waals surface area contributed by atoms with E-state index in [2.05, 4.69) is 9.97 Å². The lowest BCUT2D eigenvalue weighted by Gasteiger charge is -2.10. The zero-order chi connectivity index (χ0) is 15.4. The van der Waals surface area contributed by atoms with Crippen LogP contribution in [0.5, 0.6) is 0 Å². The molecule has 0 aliphatic heterocycles. The normalized spacial score (nSPS) is 11.5. The first-order valence-corrected chi connectivity index (χ1v) is 8.49. The molecule has 2 aromatic heterocycles. The Morgan fingerprint density at radius 2 is 2.14 bits per heavy atom. The highest BCUT2D eigenvalue weighted by Crippen LogP contribution is 2.27. The van der Waals surface area contributed by atoms with E-state index in [1.807, 2.05) is 25.3 Å². The summed E-state index contributed by atoms with van der Waals surface area (Å²) in [5, 5.41) is 0.633. The predicted octanol–water partition coefficient (Wildman–Crippen LogP) is 3.70. The van der Waals surface area contributed by atoms with Gasteiger partial charge in [-0.3, -0.25) is 4.79 Å². The zero-order valence-corrected chi connectivity index (χ0v) is 14.2. The molecule has 7 heteroatoms. The van der Waals surface area contributed by atoms with Crippen LogP contribution in [-0.4, -0.2) is 41.0 Å². The van der Waals surface area contributed by atoms with Crippen LogP contribution in [0.1, 0.15) is 15.4 Å². The van der Waals surface area contributed by atoms with Crippen molar-refractivity contribution in [3.05, 3.63) is 45.5 Å². The summed E-state index contributed by atoms with van der Waals surface area (Å²) in [7, 11) is 3.73. The van der Waals surface area contributed by atoms with Crippen molar-refractivity contribution in [1.82, 2.24) is 14.9 Å². The van der Waals surface area contributed by atoms with Crippen molar-refractivity contribution in [2.24, 2.45) is 0 Å². The average Bonchev–Trinajstić information content (AvgIpc) is 2.90. The summed E-state index contributed by atoms with van der Waals surface area (Å²) < 4.78 is 0.593. The van der Waals surface area contributed by atoms with Gasteiger partial charge in [-0.1, -0.05) is 23.4 Å². The molecule has 0 unspecified atom stereocenters. The van der Waals surface area contributed by atoms with Crippen molar-refractivity contribution >= 4 is 46.1 Å². The molecule has 0 radical (unpaired) electrons. The van der Waals surface area contributed by atoms with E-state index in [0.29, 0.717) is 25.6 Å². The molecule has 0 bridgehead atoms. The zero-order valence-electron chi connectivity index (χ0n) is 11.8. The molecule has 2 aromatic rings. The van der Waals surface area contributed by atoms with Gasteiger partial charge >= 0.3 is 0 Å². The number of aromatic nitrogens is 2. The monoisotopic (exact) mass is 339 g/mol. The lowest BCUT2D eigenvalue weighted by molar-refractivity contribution is 0.105. The number of carbonyl (C=O) groups excluding carboxylic acids is 1. The third-order valence-corrected chi connectivity index (χ3v) is 4.31. The molecule has 0 aliphatic carbocycles. The Labute approximate surface area is 136 Å². The predicted molar refractivity (Wildman–Crippen MR) is 89.1 cm³/mol. The van der Waals surface area contributed by atoms with Gasteiger partial charge in [0, 0.05) is 26.5 Å². The van der Waals surface area contributed by atoms with Gasteiger partial charge in [0.1, 0.15) is 0 Å². The molecule has 0 N–H and O–H groups in total. The molecule has 21 heavy (non-hydrogen) atoms. The van der Waals surface area contributed by atoms with E-state index in [-0.39, 0.29) is 5.78 Å². The van der Waals surface area contributed by atoms with Gasteiger partial charge in [0.2, 0.25) is 5.78 Å². The van der Waals surface area contributed by atoms with Gasteiger partial charge in [-0.05, 0) is 24.5 Å². The SMILES string of the molecule is CSc1nccc(/C(=C\N(C)C)C(=O)c2ccc(Cl)s2)n1. The molecule has 0 amide bonds. The summed E-state index contributed by atoms with van der Waals surface area (Å²) in [5.74, 6) is -0.0913. The summed E-state index contributed by atoms with van der Waals surface area (Å²) in [6.45, 7) is 0. The maximum atomic E-state index is 12.7. The molecular formula is C14H14ClN3OS2. The second-order valence-corrected chi connectivity index (χ2v) is 6.86. The topological polar surface area (TPSA) is 46.1 Å². The molecule has 0 fully saturated rings. The van der Waals surface area contributed by atoms with E-state index in [9.17, 15) is 4.79 Å². The summed E-state index contributed by atoms with van der Waals surface area (Å²) in [5.41, 5.74) is 1.13. The van der Waals surface area contributed by atoms with E-state index in [1.165, 1.54) is 23.1 Å². The van der Waals surface area contributed by atoms with Gasteiger partial charge in [0.15, 0.2) is 5.16 Å². The number of allylic oxidation sites excluding steroid dienone is 1. The van der Waals surface area contributed by atoms with Crippen LogP contribution in [-0.2, 0) is 0 Å². The van der Waals surface area contributed by atoms with Crippen LogP contribution in [0.4, 0.5) is 0 Å². The highest BCUT2D eigenvalue weighted by atomic mass is 35.5. The number of rotatable bonds is 5. The van der Waals surface area contributed by atoms with Crippen LogP contribution in [0.2, 0.25) is 4.34 Å². The van der Waals surface area contributed by atoms with E-state index in [4.69, 9.17) is 11.6 Å². The molecule has 2 heterocycles. The van der Waals surface area contributed by atoms with Crippen molar-refractivity contribution in [3.63, 3.8) is 0 Å². The van der Waals surface area contributed by atoms with E-state index >= 15 is 0 Å². The lowest BCUT2D eigenvalue weighted by atomic mass is 10.1. The van der Waals surface area contributed by atoms with Gasteiger partial charge in [-0.15, -0.1) is 11.3 Å². The first-order chi connectivity index (χ1) is 10.0. The third kappa shape index (κ3) is 4.06. The first kappa shape index (κ1) is 16.0. The van der Waals surface area contributed by atoms with Crippen LogP contribution < -0.4 is 0 Å². The quantitative estimate of drug-likeness (QED) is 0.360. The number of ketones is 1. The van der Waals surface area contributed by atoms with Gasteiger partial charge in [0.05, 0.1) is 20.5 Å². The first-order valence-electron chi connectivity index (χ1n) is 6.07. The number of thiophene rings is 1. The van der Waals surface area contributed by atoms with Crippen LogP contribution >= 0.6 is 34.7 Å². The molecule has 2 rings (SSSR count). The van der Waals surface area contributed by atoms with Gasteiger partial charge in [-0.25, -0.2) is 9.97 Å². The molecule has 110 valence electrons. The number of hydrogen-bond donors (Lipinski definition) is 0. The number of hydrogen-bond acceptors (Lipinski definition) is 6. The number of nitrogens with zero attached hydrogens (tertiary/aromatic N) is 3.